The molecule has 0 amide bonds. The van der Waals surface area contributed by atoms with E-state index >= 15 is 0 Å². The molecule has 0 atom stereocenters. The molecule has 6 heteroatoms. The molecule has 27 heavy (non-hydrogen) atoms. The number of nitrogens with zero attached hydrogens (tertiary/aromatic N) is 3. The Morgan fingerprint density at radius 1 is 1.04 bits per heavy atom. The van der Waals surface area contributed by atoms with Crippen LogP contribution in [0.4, 0.5) is 0 Å². The highest BCUT2D eigenvalue weighted by Crippen LogP contribution is 2.32. The SMILES string of the molecule is CCOc1nc2c(C)cccc2cc1-c1noc(-c2ccc(OC)cc2)n1. The molecule has 0 aliphatic rings. The van der Waals surface area contributed by atoms with Gasteiger partial charge in [-0.2, -0.15) is 4.98 Å². The van der Waals surface area contributed by atoms with E-state index in [1.807, 2.05) is 62.4 Å². The van der Waals surface area contributed by atoms with Gasteiger partial charge in [0.25, 0.3) is 5.89 Å². The first-order valence-electron chi connectivity index (χ1n) is 8.71. The van der Waals surface area contributed by atoms with Crippen LogP contribution >= 0.6 is 0 Å². The van der Waals surface area contributed by atoms with Crippen molar-refractivity contribution >= 4 is 10.9 Å². The van der Waals surface area contributed by atoms with E-state index in [4.69, 9.17) is 14.0 Å². The fourth-order valence-electron chi connectivity index (χ4n) is 2.92. The summed E-state index contributed by atoms with van der Waals surface area (Å²) in [5, 5.41) is 5.14. The predicted molar refractivity (Wildman–Crippen MR) is 103 cm³/mol. The molecule has 0 saturated heterocycles. The fourth-order valence-corrected chi connectivity index (χ4v) is 2.92. The van der Waals surface area contributed by atoms with Crippen LogP contribution in [0.5, 0.6) is 11.6 Å². The highest BCUT2D eigenvalue weighted by molar-refractivity contribution is 5.87. The molecule has 2 heterocycles. The van der Waals surface area contributed by atoms with Crippen LogP contribution in [-0.4, -0.2) is 28.8 Å². The van der Waals surface area contributed by atoms with E-state index < -0.39 is 0 Å². The molecule has 0 aliphatic carbocycles. The summed E-state index contributed by atoms with van der Waals surface area (Å²) in [5.74, 6) is 2.15. The van der Waals surface area contributed by atoms with Crippen molar-refractivity contribution in [2.24, 2.45) is 0 Å². The van der Waals surface area contributed by atoms with Crippen molar-refractivity contribution < 1.29 is 14.0 Å². The summed E-state index contributed by atoms with van der Waals surface area (Å²) in [5.41, 5.74) is 3.52. The largest absolute Gasteiger partial charge is 0.497 e. The summed E-state index contributed by atoms with van der Waals surface area (Å²) in [6.45, 7) is 4.45. The van der Waals surface area contributed by atoms with Gasteiger partial charge in [0.2, 0.25) is 11.7 Å². The van der Waals surface area contributed by atoms with Crippen LogP contribution in [0, 0.1) is 6.92 Å². The second-order valence-electron chi connectivity index (χ2n) is 6.07. The summed E-state index contributed by atoms with van der Waals surface area (Å²) >= 11 is 0. The molecule has 6 nitrogen and oxygen atoms in total. The van der Waals surface area contributed by atoms with Gasteiger partial charge < -0.3 is 14.0 Å². The van der Waals surface area contributed by atoms with Gasteiger partial charge in [-0.25, -0.2) is 4.98 Å². The Bertz CT molecular complexity index is 1090. The van der Waals surface area contributed by atoms with Crippen LogP contribution in [-0.2, 0) is 0 Å². The van der Waals surface area contributed by atoms with E-state index in [0.29, 0.717) is 29.8 Å². The highest BCUT2D eigenvalue weighted by Gasteiger charge is 2.17. The van der Waals surface area contributed by atoms with Crippen LogP contribution in [0.15, 0.2) is 53.1 Å². The van der Waals surface area contributed by atoms with Crippen LogP contribution in [0.1, 0.15) is 12.5 Å². The highest BCUT2D eigenvalue weighted by atomic mass is 16.5. The van der Waals surface area contributed by atoms with Crippen molar-refractivity contribution in [1.82, 2.24) is 15.1 Å². The van der Waals surface area contributed by atoms with Gasteiger partial charge in [0.15, 0.2) is 0 Å². The lowest BCUT2D eigenvalue weighted by atomic mass is 10.1. The monoisotopic (exact) mass is 361 g/mol. The van der Waals surface area contributed by atoms with Crippen LogP contribution in [0.25, 0.3) is 33.7 Å². The Balaban J connectivity index is 1.79. The number of aromatic nitrogens is 3. The average Bonchev–Trinajstić information content (AvgIpc) is 3.18. The number of methoxy groups -OCH3 is 1. The van der Waals surface area contributed by atoms with E-state index in [2.05, 4.69) is 15.1 Å². The van der Waals surface area contributed by atoms with Gasteiger partial charge in [0, 0.05) is 10.9 Å². The Morgan fingerprint density at radius 2 is 1.85 bits per heavy atom. The first kappa shape index (κ1) is 17.0. The van der Waals surface area contributed by atoms with Crippen LogP contribution < -0.4 is 9.47 Å². The molecule has 0 radical (unpaired) electrons. The molecular formula is C21H19N3O3. The lowest BCUT2D eigenvalue weighted by molar-refractivity contribution is 0.329. The number of fused-ring (bicyclic) bond motifs is 1. The quantitative estimate of drug-likeness (QED) is 0.514. The third-order valence-corrected chi connectivity index (χ3v) is 4.30. The number of hydrogen-bond donors (Lipinski definition) is 0. The molecule has 4 rings (SSSR count). The molecule has 0 spiro atoms. The Morgan fingerprint density at radius 3 is 2.59 bits per heavy atom. The predicted octanol–water partition coefficient (Wildman–Crippen LogP) is 4.67. The zero-order valence-corrected chi connectivity index (χ0v) is 15.4. The standard InChI is InChI=1S/C21H19N3O3/c1-4-26-21-17(12-15-7-5-6-13(2)18(15)22-21)19-23-20(27-24-19)14-8-10-16(25-3)11-9-14/h5-12H,4H2,1-3H3. The molecule has 2 aromatic heterocycles. The van der Waals surface area contributed by atoms with Crippen molar-refractivity contribution in [3.05, 3.63) is 54.1 Å². The summed E-state index contributed by atoms with van der Waals surface area (Å²) in [4.78, 5) is 9.22. The number of pyridine rings is 1. The number of para-hydroxylation sites is 1. The van der Waals surface area contributed by atoms with Gasteiger partial charge in [-0.3, -0.25) is 0 Å². The smallest absolute Gasteiger partial charge is 0.258 e. The Kier molecular flexibility index (Phi) is 4.46. The molecular weight excluding hydrogens is 342 g/mol. The third kappa shape index (κ3) is 3.21. The van der Waals surface area contributed by atoms with E-state index in [0.717, 1.165) is 27.8 Å². The van der Waals surface area contributed by atoms with Crippen LogP contribution in [0.2, 0.25) is 0 Å². The van der Waals surface area contributed by atoms with E-state index in [-0.39, 0.29) is 0 Å². The second-order valence-corrected chi connectivity index (χ2v) is 6.07. The zero-order chi connectivity index (χ0) is 18.8. The van der Waals surface area contributed by atoms with Gasteiger partial charge in [-0.05, 0) is 49.7 Å². The van der Waals surface area contributed by atoms with Crippen molar-refractivity contribution in [3.8, 4) is 34.5 Å². The first-order valence-corrected chi connectivity index (χ1v) is 8.71. The third-order valence-electron chi connectivity index (χ3n) is 4.30. The average molecular weight is 361 g/mol. The van der Waals surface area contributed by atoms with Gasteiger partial charge in [-0.15, -0.1) is 0 Å². The fraction of sp³-hybridized carbons (Fsp3) is 0.190. The zero-order valence-electron chi connectivity index (χ0n) is 15.4. The Labute approximate surface area is 156 Å². The minimum atomic E-state index is 0.430. The normalized spacial score (nSPS) is 10.9. The minimum Gasteiger partial charge on any atom is -0.497 e. The molecule has 136 valence electrons. The number of benzene rings is 2. The van der Waals surface area contributed by atoms with Gasteiger partial charge in [-0.1, -0.05) is 23.4 Å². The van der Waals surface area contributed by atoms with E-state index in [9.17, 15) is 0 Å². The lowest BCUT2D eigenvalue weighted by Crippen LogP contribution is -1.99. The minimum absolute atomic E-state index is 0.430. The molecule has 0 aliphatic heterocycles. The maximum Gasteiger partial charge on any atom is 0.258 e. The summed E-state index contributed by atoms with van der Waals surface area (Å²) in [6.07, 6.45) is 0. The molecule has 0 unspecified atom stereocenters. The number of rotatable bonds is 5. The summed E-state index contributed by atoms with van der Waals surface area (Å²) in [6, 6.07) is 15.5. The van der Waals surface area contributed by atoms with Gasteiger partial charge >= 0.3 is 0 Å². The van der Waals surface area contributed by atoms with Crippen LogP contribution in [0.3, 0.4) is 0 Å². The molecule has 4 aromatic rings. The second kappa shape index (κ2) is 7.07. The van der Waals surface area contributed by atoms with E-state index in [1.165, 1.54) is 0 Å². The van der Waals surface area contributed by atoms with Gasteiger partial charge in [0.1, 0.15) is 5.75 Å². The maximum absolute atomic E-state index is 5.75. The maximum atomic E-state index is 5.75. The Hall–Kier alpha value is -3.41. The molecule has 0 saturated carbocycles. The first-order chi connectivity index (χ1) is 13.2. The topological polar surface area (TPSA) is 70.3 Å². The van der Waals surface area contributed by atoms with E-state index in [1.54, 1.807) is 7.11 Å². The lowest BCUT2D eigenvalue weighted by Gasteiger charge is -2.09. The van der Waals surface area contributed by atoms with Crippen molar-refractivity contribution in [1.29, 1.82) is 0 Å². The van der Waals surface area contributed by atoms with Gasteiger partial charge in [0.05, 0.1) is 24.8 Å². The molecule has 0 fully saturated rings. The summed E-state index contributed by atoms with van der Waals surface area (Å²) < 4.78 is 16.4. The number of ether oxygens (including phenoxy) is 2. The summed E-state index contributed by atoms with van der Waals surface area (Å²) in [7, 11) is 1.63. The van der Waals surface area contributed by atoms with Crippen molar-refractivity contribution in [2.75, 3.05) is 13.7 Å². The number of aryl methyl sites for hydroxylation is 1. The van der Waals surface area contributed by atoms with Crippen molar-refractivity contribution in [3.63, 3.8) is 0 Å². The molecule has 2 aromatic carbocycles. The molecule has 0 N–H and O–H groups in total. The number of hydrogen-bond acceptors (Lipinski definition) is 6. The van der Waals surface area contributed by atoms with Crippen molar-refractivity contribution in [2.45, 2.75) is 13.8 Å². The molecule has 0 bridgehead atoms.